The van der Waals surface area contributed by atoms with Crippen molar-refractivity contribution in [1.29, 1.82) is 0 Å². The Hall–Kier alpha value is -0.420. The zero-order chi connectivity index (χ0) is 12.1. The molecule has 90 valence electrons. The molecule has 0 aromatic heterocycles. The van der Waals surface area contributed by atoms with Crippen LogP contribution in [-0.4, -0.2) is 40.8 Å². The number of nitrogens with one attached hydrogen (secondary N) is 1. The predicted octanol–water partition coefficient (Wildman–Crippen LogP) is 0.802. The van der Waals surface area contributed by atoms with Crippen LogP contribution in [0.5, 0.6) is 0 Å². The van der Waals surface area contributed by atoms with Crippen molar-refractivity contribution in [2.45, 2.75) is 44.5 Å². The molecule has 4 N–H and O–H groups in total. The molecule has 0 bridgehead atoms. The minimum absolute atomic E-state index is 0.0137. The molecule has 4 nitrogen and oxygen atoms in total. The molecule has 0 aromatic carbocycles. The molecule has 0 aromatic rings. The van der Waals surface area contributed by atoms with E-state index in [-0.39, 0.29) is 23.4 Å². The Bertz CT molecular complexity index is 209. The topological polar surface area (TPSA) is 70.6 Å². The minimum atomic E-state index is -0.0820. The van der Waals surface area contributed by atoms with Crippen LogP contribution >= 0.6 is 11.8 Å². The number of aliphatic hydroxyl groups excluding tert-OH is 1. The third kappa shape index (κ3) is 6.62. The van der Waals surface area contributed by atoms with Gasteiger partial charge in [-0.1, -0.05) is 0 Å². The number of hydrogen-bond donors (Lipinski definition) is 3. The molecule has 2 unspecified atom stereocenters. The molecule has 0 aliphatic carbocycles. The molecule has 0 fully saturated rings. The molecule has 0 spiro atoms. The van der Waals surface area contributed by atoms with Crippen molar-refractivity contribution in [2.75, 3.05) is 12.9 Å². The van der Waals surface area contributed by atoms with Crippen LogP contribution in [0.4, 0.5) is 0 Å². The van der Waals surface area contributed by atoms with Gasteiger partial charge in [0.2, 0.25) is 0 Å². The van der Waals surface area contributed by atoms with Gasteiger partial charge in [-0.2, -0.15) is 11.8 Å². The zero-order valence-electron chi connectivity index (χ0n) is 10.2. The first-order valence-corrected chi connectivity index (χ1v) is 6.34. The first kappa shape index (κ1) is 14.6. The maximum absolute atomic E-state index is 9.09. The number of thioether (sulfide) groups is 1. The van der Waals surface area contributed by atoms with Gasteiger partial charge in [0.25, 0.3) is 0 Å². The Kier molecular flexibility index (Phi) is 6.05. The number of guanidine groups is 1. The molecule has 0 aliphatic rings. The molecule has 15 heavy (non-hydrogen) atoms. The number of nitrogens with zero attached hydrogens (tertiary/aromatic N) is 1. The lowest BCUT2D eigenvalue weighted by Gasteiger charge is -2.23. The van der Waals surface area contributed by atoms with E-state index in [2.05, 4.69) is 10.3 Å². The van der Waals surface area contributed by atoms with Crippen molar-refractivity contribution in [1.82, 2.24) is 5.32 Å². The molecule has 0 rings (SSSR count). The second-order valence-electron chi connectivity index (χ2n) is 4.59. The van der Waals surface area contributed by atoms with Crippen molar-refractivity contribution < 1.29 is 5.11 Å². The van der Waals surface area contributed by atoms with E-state index in [1.165, 1.54) is 0 Å². The SMILES string of the molecule is CSC(CO)C(C)N=C(N)NC(C)(C)C. The van der Waals surface area contributed by atoms with Crippen molar-refractivity contribution in [3.05, 3.63) is 0 Å². The Morgan fingerprint density at radius 3 is 2.40 bits per heavy atom. The van der Waals surface area contributed by atoms with E-state index in [1.54, 1.807) is 11.8 Å². The lowest BCUT2D eigenvalue weighted by molar-refractivity contribution is 0.285. The lowest BCUT2D eigenvalue weighted by atomic mass is 10.1. The van der Waals surface area contributed by atoms with Gasteiger partial charge in [-0.15, -0.1) is 0 Å². The Morgan fingerprint density at radius 1 is 1.53 bits per heavy atom. The lowest BCUT2D eigenvalue weighted by Crippen LogP contribution is -2.46. The third-order valence-electron chi connectivity index (χ3n) is 1.87. The van der Waals surface area contributed by atoms with Crippen LogP contribution < -0.4 is 11.1 Å². The molecule has 0 amide bonds. The smallest absolute Gasteiger partial charge is 0.189 e. The van der Waals surface area contributed by atoms with E-state index < -0.39 is 0 Å². The fraction of sp³-hybridized carbons (Fsp3) is 0.900. The molecular weight excluding hydrogens is 210 g/mol. The molecule has 0 saturated carbocycles. The van der Waals surface area contributed by atoms with Crippen molar-refractivity contribution in [2.24, 2.45) is 10.7 Å². The van der Waals surface area contributed by atoms with Crippen molar-refractivity contribution in [3.8, 4) is 0 Å². The quantitative estimate of drug-likeness (QED) is 0.496. The van der Waals surface area contributed by atoms with Crippen LogP contribution in [0.2, 0.25) is 0 Å². The Labute approximate surface area is 96.7 Å². The number of rotatable bonds is 4. The summed E-state index contributed by atoms with van der Waals surface area (Å²) in [4.78, 5) is 4.31. The van der Waals surface area contributed by atoms with Gasteiger partial charge < -0.3 is 16.2 Å². The van der Waals surface area contributed by atoms with E-state index in [9.17, 15) is 0 Å². The van der Waals surface area contributed by atoms with Gasteiger partial charge in [0.05, 0.1) is 12.6 Å². The van der Waals surface area contributed by atoms with Gasteiger partial charge in [0.1, 0.15) is 0 Å². The molecule has 0 aliphatic heterocycles. The minimum Gasteiger partial charge on any atom is -0.395 e. The summed E-state index contributed by atoms with van der Waals surface area (Å²) in [6.45, 7) is 8.15. The third-order valence-corrected chi connectivity index (χ3v) is 3.01. The van der Waals surface area contributed by atoms with Crippen LogP contribution in [0.25, 0.3) is 0 Å². The summed E-state index contributed by atoms with van der Waals surface area (Å²) in [5, 5.41) is 12.3. The summed E-state index contributed by atoms with van der Waals surface area (Å²) >= 11 is 1.60. The van der Waals surface area contributed by atoms with Crippen LogP contribution in [0.15, 0.2) is 4.99 Å². The highest BCUT2D eigenvalue weighted by Crippen LogP contribution is 2.13. The molecule has 2 atom stereocenters. The summed E-state index contributed by atoms with van der Waals surface area (Å²) in [6.07, 6.45) is 1.96. The van der Waals surface area contributed by atoms with Gasteiger partial charge >= 0.3 is 0 Å². The molecule has 5 heteroatoms. The number of aliphatic hydroxyl groups is 1. The maximum atomic E-state index is 9.09. The van der Waals surface area contributed by atoms with E-state index >= 15 is 0 Å². The van der Waals surface area contributed by atoms with E-state index in [1.807, 2.05) is 34.0 Å². The highest BCUT2D eigenvalue weighted by Gasteiger charge is 2.16. The average Bonchev–Trinajstić information content (AvgIpc) is 2.02. The summed E-state index contributed by atoms with van der Waals surface area (Å²) in [5.74, 6) is 0.433. The molecule has 0 radical (unpaired) electrons. The largest absolute Gasteiger partial charge is 0.395 e. The van der Waals surface area contributed by atoms with Gasteiger partial charge in [-0.3, -0.25) is 0 Å². The summed E-state index contributed by atoms with van der Waals surface area (Å²) in [6, 6.07) is 0.0137. The normalized spacial score (nSPS) is 17.3. The standard InChI is InChI=1S/C10H23N3OS/c1-7(8(6-14)15-5)12-9(11)13-10(2,3)4/h7-8,14H,6H2,1-5H3,(H3,11,12,13). The summed E-state index contributed by atoms with van der Waals surface area (Å²) < 4.78 is 0. The Morgan fingerprint density at radius 2 is 2.07 bits per heavy atom. The molecule has 0 heterocycles. The second kappa shape index (κ2) is 6.23. The van der Waals surface area contributed by atoms with Gasteiger partial charge in [0, 0.05) is 10.8 Å². The van der Waals surface area contributed by atoms with Gasteiger partial charge in [-0.05, 0) is 34.0 Å². The maximum Gasteiger partial charge on any atom is 0.189 e. The van der Waals surface area contributed by atoms with E-state index in [4.69, 9.17) is 10.8 Å². The monoisotopic (exact) mass is 233 g/mol. The summed E-state index contributed by atoms with van der Waals surface area (Å²) in [7, 11) is 0. The average molecular weight is 233 g/mol. The van der Waals surface area contributed by atoms with Crippen molar-refractivity contribution >= 4 is 17.7 Å². The number of nitrogens with two attached hydrogens (primary N) is 1. The predicted molar refractivity (Wildman–Crippen MR) is 68.4 cm³/mol. The fourth-order valence-corrected chi connectivity index (χ4v) is 1.75. The molecular formula is C10H23N3OS. The van der Waals surface area contributed by atoms with Crippen LogP contribution in [0.3, 0.4) is 0 Å². The summed E-state index contributed by atoms with van der Waals surface area (Å²) in [5.41, 5.74) is 5.67. The highest BCUT2D eigenvalue weighted by molar-refractivity contribution is 7.99. The Balaban J connectivity index is 4.34. The van der Waals surface area contributed by atoms with E-state index in [0.717, 1.165) is 0 Å². The van der Waals surface area contributed by atoms with Crippen LogP contribution in [0.1, 0.15) is 27.7 Å². The van der Waals surface area contributed by atoms with Gasteiger partial charge in [0.15, 0.2) is 5.96 Å². The highest BCUT2D eigenvalue weighted by atomic mass is 32.2. The van der Waals surface area contributed by atoms with Crippen LogP contribution in [0, 0.1) is 0 Å². The van der Waals surface area contributed by atoms with E-state index in [0.29, 0.717) is 5.96 Å². The zero-order valence-corrected chi connectivity index (χ0v) is 11.1. The fourth-order valence-electron chi connectivity index (χ4n) is 1.14. The number of hydrogen-bond acceptors (Lipinski definition) is 3. The first-order chi connectivity index (χ1) is 6.80. The van der Waals surface area contributed by atoms with Gasteiger partial charge in [-0.25, -0.2) is 4.99 Å². The number of aliphatic imine (C=N–C) groups is 1. The molecule has 0 saturated heterocycles. The second-order valence-corrected chi connectivity index (χ2v) is 5.66. The first-order valence-electron chi connectivity index (χ1n) is 5.05. The van der Waals surface area contributed by atoms with Crippen molar-refractivity contribution in [3.63, 3.8) is 0 Å². The van der Waals surface area contributed by atoms with Crippen LogP contribution in [-0.2, 0) is 0 Å².